The van der Waals surface area contributed by atoms with E-state index in [4.69, 9.17) is 9.47 Å². The molecule has 1 unspecified atom stereocenters. The lowest BCUT2D eigenvalue weighted by atomic mass is 10.2. The van der Waals surface area contributed by atoms with Gasteiger partial charge in [-0.2, -0.15) is 0 Å². The molecule has 2 fully saturated rings. The van der Waals surface area contributed by atoms with E-state index < -0.39 is 0 Å². The van der Waals surface area contributed by atoms with Crippen molar-refractivity contribution in [1.82, 2.24) is 15.1 Å². The molecule has 2 heterocycles. The molecular weight excluding hydrogens is 336 g/mol. The summed E-state index contributed by atoms with van der Waals surface area (Å²) < 4.78 is 10.4. The Morgan fingerprint density at radius 3 is 2.54 bits per heavy atom. The molecule has 0 bridgehead atoms. The van der Waals surface area contributed by atoms with Gasteiger partial charge in [-0.15, -0.1) is 0 Å². The van der Waals surface area contributed by atoms with Gasteiger partial charge in [0.05, 0.1) is 6.61 Å². The van der Waals surface area contributed by atoms with Crippen molar-refractivity contribution in [2.45, 2.75) is 45.6 Å². The van der Waals surface area contributed by atoms with Crippen molar-refractivity contribution in [3.63, 3.8) is 0 Å². The van der Waals surface area contributed by atoms with Crippen molar-refractivity contribution in [3.05, 3.63) is 0 Å². The molecule has 0 aromatic carbocycles. The van der Waals surface area contributed by atoms with Crippen LogP contribution in [0.25, 0.3) is 0 Å². The van der Waals surface area contributed by atoms with Gasteiger partial charge in [0.2, 0.25) is 0 Å². The number of carbonyl (C=O) groups is 2. The Bertz CT molecular complexity index is 484. The van der Waals surface area contributed by atoms with Crippen molar-refractivity contribution in [2.24, 2.45) is 4.99 Å². The minimum Gasteiger partial charge on any atom is -0.466 e. The monoisotopic (exact) mass is 368 g/mol. The van der Waals surface area contributed by atoms with Gasteiger partial charge in [0.1, 0.15) is 6.10 Å². The molecule has 8 nitrogen and oxygen atoms in total. The zero-order valence-corrected chi connectivity index (χ0v) is 16.0. The number of carbonyl (C=O) groups excluding carboxylic acids is 2. The van der Waals surface area contributed by atoms with Crippen LogP contribution < -0.4 is 5.32 Å². The number of amides is 1. The summed E-state index contributed by atoms with van der Waals surface area (Å²) in [5, 5.41) is 3.30. The highest BCUT2D eigenvalue weighted by Gasteiger charge is 2.30. The smallest absolute Gasteiger partial charge is 0.305 e. The molecule has 0 aromatic heterocycles. The second kappa shape index (κ2) is 11.0. The number of aliphatic imine (C=N–C) groups is 1. The summed E-state index contributed by atoms with van der Waals surface area (Å²) in [4.78, 5) is 32.5. The van der Waals surface area contributed by atoms with E-state index in [2.05, 4.69) is 15.2 Å². The van der Waals surface area contributed by atoms with Gasteiger partial charge in [0, 0.05) is 52.3 Å². The Morgan fingerprint density at radius 1 is 1.19 bits per heavy atom. The molecular formula is C18H32N4O4. The van der Waals surface area contributed by atoms with E-state index in [9.17, 15) is 9.59 Å². The number of guanidine groups is 1. The largest absolute Gasteiger partial charge is 0.466 e. The number of nitrogens with zero attached hydrogens (tertiary/aromatic N) is 3. The maximum Gasteiger partial charge on any atom is 0.305 e. The van der Waals surface area contributed by atoms with Gasteiger partial charge in [-0.3, -0.25) is 14.6 Å². The minimum atomic E-state index is -0.244. The predicted molar refractivity (Wildman–Crippen MR) is 99.0 cm³/mol. The Labute approximate surface area is 155 Å². The summed E-state index contributed by atoms with van der Waals surface area (Å²) in [6, 6.07) is 0. The normalized spacial score (nSPS) is 21.0. The summed E-state index contributed by atoms with van der Waals surface area (Å²) in [6.07, 6.45) is 2.63. The van der Waals surface area contributed by atoms with Crippen LogP contribution >= 0.6 is 0 Å². The van der Waals surface area contributed by atoms with Crippen molar-refractivity contribution in [3.8, 4) is 0 Å². The summed E-state index contributed by atoms with van der Waals surface area (Å²) in [5.41, 5.74) is 0. The van der Waals surface area contributed by atoms with Crippen LogP contribution in [0.5, 0.6) is 0 Å². The molecule has 0 spiro atoms. The van der Waals surface area contributed by atoms with Gasteiger partial charge in [0.15, 0.2) is 5.96 Å². The number of rotatable bonds is 7. The van der Waals surface area contributed by atoms with Gasteiger partial charge in [0.25, 0.3) is 5.91 Å². The zero-order chi connectivity index (χ0) is 18.8. The second-order valence-electron chi connectivity index (χ2n) is 6.46. The lowest BCUT2D eigenvalue weighted by molar-refractivity contribution is -0.143. The quantitative estimate of drug-likeness (QED) is 0.307. The molecule has 2 rings (SSSR count). The third-order valence-corrected chi connectivity index (χ3v) is 4.54. The fourth-order valence-electron chi connectivity index (χ4n) is 3.18. The van der Waals surface area contributed by atoms with Crippen molar-refractivity contribution in [1.29, 1.82) is 0 Å². The van der Waals surface area contributed by atoms with E-state index in [1.165, 1.54) is 0 Å². The van der Waals surface area contributed by atoms with E-state index in [0.717, 1.165) is 38.4 Å². The van der Waals surface area contributed by atoms with Crippen LogP contribution in [0.2, 0.25) is 0 Å². The van der Waals surface area contributed by atoms with Crippen LogP contribution in [0.4, 0.5) is 0 Å². The maximum atomic E-state index is 12.4. The van der Waals surface area contributed by atoms with Crippen molar-refractivity contribution < 1.29 is 19.1 Å². The van der Waals surface area contributed by atoms with Gasteiger partial charge in [-0.05, 0) is 33.1 Å². The summed E-state index contributed by atoms with van der Waals surface area (Å²) in [6.45, 7) is 9.19. The number of esters is 1. The van der Waals surface area contributed by atoms with Crippen LogP contribution in [-0.2, 0) is 19.1 Å². The molecule has 2 aliphatic rings. The summed E-state index contributed by atoms with van der Waals surface area (Å²) in [7, 11) is 0. The van der Waals surface area contributed by atoms with E-state index in [1.54, 1.807) is 0 Å². The Morgan fingerprint density at radius 2 is 1.92 bits per heavy atom. The Balaban J connectivity index is 1.78. The van der Waals surface area contributed by atoms with Crippen molar-refractivity contribution in [2.75, 3.05) is 52.5 Å². The fourth-order valence-corrected chi connectivity index (χ4v) is 3.18. The molecule has 2 aliphatic heterocycles. The first-order valence-electron chi connectivity index (χ1n) is 9.75. The molecule has 1 amide bonds. The number of ether oxygens (including phenoxy) is 2. The highest BCUT2D eigenvalue weighted by atomic mass is 16.5. The van der Waals surface area contributed by atoms with Crippen LogP contribution in [0.3, 0.4) is 0 Å². The number of hydrogen-bond donors (Lipinski definition) is 1. The SMILES string of the molecule is CCNC(=NCCCC(=O)OCC)N1CCN(C(=O)C2CCCO2)CC1. The lowest BCUT2D eigenvalue weighted by Crippen LogP contribution is -2.55. The molecule has 2 saturated heterocycles. The lowest BCUT2D eigenvalue weighted by Gasteiger charge is -2.37. The van der Waals surface area contributed by atoms with Gasteiger partial charge in [-0.1, -0.05) is 0 Å². The Hall–Kier alpha value is -1.83. The molecule has 1 atom stereocenters. The minimum absolute atomic E-state index is 0.124. The molecule has 0 radical (unpaired) electrons. The maximum absolute atomic E-state index is 12.4. The molecule has 1 N–H and O–H groups in total. The predicted octanol–water partition coefficient (Wildman–Crippen LogP) is 0.618. The number of hydrogen-bond acceptors (Lipinski definition) is 5. The fraction of sp³-hybridized carbons (Fsp3) is 0.833. The number of nitrogens with one attached hydrogen (secondary N) is 1. The highest BCUT2D eigenvalue weighted by Crippen LogP contribution is 2.16. The first kappa shape index (κ1) is 20.5. The van der Waals surface area contributed by atoms with Gasteiger partial charge in [-0.25, -0.2) is 0 Å². The first-order valence-corrected chi connectivity index (χ1v) is 9.75. The Kier molecular flexibility index (Phi) is 8.67. The average molecular weight is 368 g/mol. The molecule has 148 valence electrons. The van der Waals surface area contributed by atoms with Crippen molar-refractivity contribution >= 4 is 17.8 Å². The van der Waals surface area contributed by atoms with E-state index in [-0.39, 0.29) is 18.0 Å². The van der Waals surface area contributed by atoms with Crippen LogP contribution in [-0.4, -0.2) is 86.2 Å². The molecule has 8 heteroatoms. The third kappa shape index (κ3) is 6.16. The average Bonchev–Trinajstić information content (AvgIpc) is 3.19. The number of piperazine rings is 1. The van der Waals surface area contributed by atoms with E-state index in [1.807, 2.05) is 18.7 Å². The summed E-state index contributed by atoms with van der Waals surface area (Å²) in [5.74, 6) is 0.799. The third-order valence-electron chi connectivity index (χ3n) is 4.54. The molecule has 0 aromatic rings. The standard InChI is InChI=1S/C18H32N4O4/c1-3-19-18(20-9-5-8-16(23)25-4-2)22-12-10-21(11-13-22)17(24)15-7-6-14-26-15/h15H,3-14H2,1-2H3,(H,19,20). The molecule has 26 heavy (non-hydrogen) atoms. The zero-order valence-electron chi connectivity index (χ0n) is 16.0. The first-order chi connectivity index (χ1) is 12.7. The van der Waals surface area contributed by atoms with E-state index >= 15 is 0 Å². The van der Waals surface area contributed by atoms with Gasteiger partial charge >= 0.3 is 5.97 Å². The topological polar surface area (TPSA) is 83.5 Å². The van der Waals surface area contributed by atoms with E-state index in [0.29, 0.717) is 45.7 Å². The summed E-state index contributed by atoms with van der Waals surface area (Å²) >= 11 is 0. The van der Waals surface area contributed by atoms with Crippen LogP contribution in [0.15, 0.2) is 4.99 Å². The van der Waals surface area contributed by atoms with Crippen LogP contribution in [0, 0.1) is 0 Å². The molecule has 0 saturated carbocycles. The molecule has 0 aliphatic carbocycles. The van der Waals surface area contributed by atoms with Crippen LogP contribution in [0.1, 0.15) is 39.5 Å². The highest BCUT2D eigenvalue weighted by molar-refractivity contribution is 5.82. The second-order valence-corrected chi connectivity index (χ2v) is 6.46. The van der Waals surface area contributed by atoms with Gasteiger partial charge < -0.3 is 24.6 Å².